The summed E-state index contributed by atoms with van der Waals surface area (Å²) < 4.78 is 11.0. The molecule has 1 aromatic rings. The summed E-state index contributed by atoms with van der Waals surface area (Å²) in [5, 5.41) is 9.97. The monoisotopic (exact) mass is 468 g/mol. The third-order valence-electron chi connectivity index (χ3n) is 3.65. The van der Waals surface area contributed by atoms with Crippen LogP contribution in [0.1, 0.15) is 30.5 Å². The summed E-state index contributed by atoms with van der Waals surface area (Å²) in [6.07, 6.45) is 4.20. The van der Waals surface area contributed by atoms with Crippen LogP contribution in [0.2, 0.25) is 0 Å². The first kappa shape index (κ1) is 21.6. The van der Waals surface area contributed by atoms with Crippen molar-refractivity contribution in [2.75, 3.05) is 40.0 Å². The van der Waals surface area contributed by atoms with Crippen molar-refractivity contribution in [1.82, 2.24) is 15.6 Å². The second kappa shape index (κ2) is 12.8. The van der Waals surface area contributed by atoms with Crippen molar-refractivity contribution >= 4 is 41.3 Å². The van der Waals surface area contributed by atoms with Crippen LogP contribution < -0.4 is 10.6 Å². The van der Waals surface area contributed by atoms with Gasteiger partial charge in [0.15, 0.2) is 5.96 Å². The van der Waals surface area contributed by atoms with Crippen molar-refractivity contribution in [3.05, 3.63) is 16.1 Å². The van der Waals surface area contributed by atoms with Crippen LogP contribution in [0.5, 0.6) is 0 Å². The molecular weight excluding hydrogens is 439 g/mol. The molecule has 24 heavy (non-hydrogen) atoms. The van der Waals surface area contributed by atoms with Gasteiger partial charge in [-0.2, -0.15) is 0 Å². The number of thiazole rings is 1. The first-order valence-electron chi connectivity index (χ1n) is 8.39. The largest absolute Gasteiger partial charge is 0.379 e. The van der Waals surface area contributed by atoms with Crippen LogP contribution in [0, 0.1) is 0 Å². The van der Waals surface area contributed by atoms with Crippen molar-refractivity contribution in [3.8, 4) is 0 Å². The number of guanidine groups is 1. The lowest BCUT2D eigenvalue weighted by molar-refractivity contribution is 0.0420. The minimum atomic E-state index is 0. The number of hydrogen-bond donors (Lipinski definition) is 2. The van der Waals surface area contributed by atoms with Gasteiger partial charge in [0, 0.05) is 45.2 Å². The summed E-state index contributed by atoms with van der Waals surface area (Å²) in [6.45, 7) is 6.16. The van der Waals surface area contributed by atoms with Crippen molar-refractivity contribution in [3.63, 3.8) is 0 Å². The first-order valence-corrected chi connectivity index (χ1v) is 9.27. The van der Waals surface area contributed by atoms with Crippen molar-refractivity contribution in [2.24, 2.45) is 4.99 Å². The van der Waals surface area contributed by atoms with E-state index in [0.29, 0.717) is 6.10 Å². The van der Waals surface area contributed by atoms with Gasteiger partial charge in [-0.15, -0.1) is 35.3 Å². The normalized spacial score (nSPS) is 17.6. The minimum Gasteiger partial charge on any atom is -0.379 e. The molecule has 0 bridgehead atoms. The van der Waals surface area contributed by atoms with E-state index in [-0.39, 0.29) is 24.0 Å². The maximum absolute atomic E-state index is 5.74. The smallest absolute Gasteiger partial charge is 0.190 e. The highest BCUT2D eigenvalue weighted by molar-refractivity contribution is 14.0. The molecule has 138 valence electrons. The molecule has 0 amide bonds. The third kappa shape index (κ3) is 8.09. The van der Waals surface area contributed by atoms with Gasteiger partial charge in [-0.25, -0.2) is 4.98 Å². The highest BCUT2D eigenvalue weighted by Crippen LogP contribution is 2.10. The zero-order valence-electron chi connectivity index (χ0n) is 14.5. The number of halogens is 1. The van der Waals surface area contributed by atoms with Gasteiger partial charge in [0.05, 0.1) is 23.4 Å². The molecule has 1 atom stereocenters. The highest BCUT2D eigenvalue weighted by atomic mass is 127. The highest BCUT2D eigenvalue weighted by Gasteiger charge is 2.15. The molecule has 6 nitrogen and oxygen atoms in total. The van der Waals surface area contributed by atoms with E-state index in [0.717, 1.165) is 70.2 Å². The Labute approximate surface area is 165 Å². The quantitative estimate of drug-likeness (QED) is 0.252. The molecule has 1 aliphatic heterocycles. The number of ether oxygens (including phenoxy) is 2. The predicted octanol–water partition coefficient (Wildman–Crippen LogP) is 2.23. The number of hydrogen-bond acceptors (Lipinski definition) is 5. The predicted molar refractivity (Wildman–Crippen MR) is 110 cm³/mol. The summed E-state index contributed by atoms with van der Waals surface area (Å²) >= 11 is 1.74. The maximum atomic E-state index is 5.74. The topological polar surface area (TPSA) is 67.8 Å². The van der Waals surface area contributed by atoms with E-state index < -0.39 is 0 Å². The van der Waals surface area contributed by atoms with Crippen LogP contribution in [0.3, 0.4) is 0 Å². The van der Waals surface area contributed by atoms with Gasteiger partial charge in [0.1, 0.15) is 0 Å². The van der Waals surface area contributed by atoms with E-state index in [1.54, 1.807) is 18.4 Å². The molecule has 1 unspecified atom stereocenters. The number of aromatic nitrogens is 1. The molecule has 1 aromatic heterocycles. The summed E-state index contributed by atoms with van der Waals surface area (Å²) in [6, 6.07) is 0. The van der Waals surface area contributed by atoms with Gasteiger partial charge in [-0.1, -0.05) is 6.92 Å². The van der Waals surface area contributed by atoms with Crippen LogP contribution in [-0.4, -0.2) is 57.0 Å². The van der Waals surface area contributed by atoms with Gasteiger partial charge in [-0.05, 0) is 19.3 Å². The van der Waals surface area contributed by atoms with Crippen LogP contribution in [0.25, 0.3) is 0 Å². The molecule has 2 N–H and O–H groups in total. The van der Waals surface area contributed by atoms with Crippen LogP contribution in [0.15, 0.2) is 10.4 Å². The molecule has 0 radical (unpaired) electrons. The van der Waals surface area contributed by atoms with Gasteiger partial charge in [0.2, 0.25) is 0 Å². The fourth-order valence-electron chi connectivity index (χ4n) is 2.33. The maximum Gasteiger partial charge on any atom is 0.190 e. The standard InChI is InChI=1S/C16H28N4O2S.HI/c1-3-15-20-13(12-23-15)5-8-19-16(17-2)18-7-4-9-22-14-6-10-21-11-14;/h12,14H,3-11H2,1-2H3,(H2,17,18,19);1H. The van der Waals surface area contributed by atoms with Crippen molar-refractivity contribution < 1.29 is 9.47 Å². The van der Waals surface area contributed by atoms with Gasteiger partial charge < -0.3 is 20.1 Å². The first-order chi connectivity index (χ1) is 11.3. The lowest BCUT2D eigenvalue weighted by Gasteiger charge is -2.13. The summed E-state index contributed by atoms with van der Waals surface area (Å²) in [5.74, 6) is 0.833. The Morgan fingerprint density at radius 1 is 1.46 bits per heavy atom. The molecule has 1 aliphatic rings. The average molecular weight is 468 g/mol. The van der Waals surface area contributed by atoms with E-state index in [1.807, 2.05) is 0 Å². The zero-order valence-corrected chi connectivity index (χ0v) is 17.7. The Hall–Kier alpha value is -0.450. The van der Waals surface area contributed by atoms with Crippen LogP contribution in [-0.2, 0) is 22.3 Å². The Kier molecular flexibility index (Phi) is 11.6. The Balaban J connectivity index is 0.00000288. The van der Waals surface area contributed by atoms with Crippen LogP contribution >= 0.6 is 35.3 Å². The molecule has 1 saturated heterocycles. The van der Waals surface area contributed by atoms with E-state index in [9.17, 15) is 0 Å². The molecule has 0 aliphatic carbocycles. The molecule has 0 saturated carbocycles. The summed E-state index contributed by atoms with van der Waals surface area (Å²) in [7, 11) is 1.79. The van der Waals surface area contributed by atoms with Gasteiger partial charge in [-0.3, -0.25) is 4.99 Å². The Morgan fingerprint density at radius 2 is 2.29 bits per heavy atom. The SMILES string of the molecule is CCc1nc(CCNC(=NC)NCCCOC2CCOC2)cs1.I. The van der Waals surface area contributed by atoms with Crippen LogP contribution in [0.4, 0.5) is 0 Å². The number of rotatable bonds is 9. The fourth-order valence-corrected chi connectivity index (χ4v) is 3.11. The number of nitrogens with zero attached hydrogens (tertiary/aromatic N) is 2. The van der Waals surface area contributed by atoms with E-state index >= 15 is 0 Å². The second-order valence-electron chi connectivity index (χ2n) is 5.47. The molecule has 1 fully saturated rings. The van der Waals surface area contributed by atoms with E-state index in [2.05, 4.69) is 32.9 Å². The zero-order chi connectivity index (χ0) is 16.3. The molecule has 0 spiro atoms. The Bertz CT molecular complexity index is 478. The molecular formula is C16H29IN4O2S. The molecule has 8 heteroatoms. The van der Waals surface area contributed by atoms with E-state index in [1.165, 1.54) is 5.01 Å². The number of nitrogens with one attached hydrogen (secondary N) is 2. The van der Waals surface area contributed by atoms with Gasteiger partial charge >= 0.3 is 0 Å². The fraction of sp³-hybridized carbons (Fsp3) is 0.750. The average Bonchev–Trinajstić information content (AvgIpc) is 3.24. The minimum absolute atomic E-state index is 0. The third-order valence-corrected chi connectivity index (χ3v) is 4.70. The Morgan fingerprint density at radius 3 is 2.96 bits per heavy atom. The van der Waals surface area contributed by atoms with Crippen molar-refractivity contribution in [2.45, 2.75) is 38.7 Å². The number of aliphatic imine (C=N–C) groups is 1. The molecule has 2 rings (SSSR count). The van der Waals surface area contributed by atoms with Crippen molar-refractivity contribution in [1.29, 1.82) is 0 Å². The summed E-state index contributed by atoms with van der Waals surface area (Å²) in [4.78, 5) is 8.80. The number of aryl methyl sites for hydroxylation is 1. The summed E-state index contributed by atoms with van der Waals surface area (Å²) in [5.41, 5.74) is 1.15. The van der Waals surface area contributed by atoms with E-state index in [4.69, 9.17) is 9.47 Å². The van der Waals surface area contributed by atoms with Gasteiger partial charge in [0.25, 0.3) is 0 Å². The lowest BCUT2D eigenvalue weighted by atomic mass is 10.3. The molecule has 2 heterocycles. The lowest BCUT2D eigenvalue weighted by Crippen LogP contribution is -2.39. The second-order valence-corrected chi connectivity index (χ2v) is 6.41. The molecule has 0 aromatic carbocycles.